The van der Waals surface area contributed by atoms with Crippen molar-refractivity contribution < 1.29 is 9.59 Å². The quantitative estimate of drug-likeness (QED) is 0.774. The summed E-state index contributed by atoms with van der Waals surface area (Å²) in [4.78, 5) is 29.8. The highest BCUT2D eigenvalue weighted by atomic mass is 32.2. The van der Waals surface area contributed by atoms with Crippen LogP contribution in [0.15, 0.2) is 48.5 Å². The predicted octanol–water partition coefficient (Wildman–Crippen LogP) is 4.77. The highest BCUT2D eigenvalue weighted by Crippen LogP contribution is 2.44. The Morgan fingerprint density at radius 2 is 1.83 bits per heavy atom. The highest BCUT2D eigenvalue weighted by molar-refractivity contribution is 8.00. The summed E-state index contributed by atoms with van der Waals surface area (Å²) < 4.78 is 0. The molecule has 0 aliphatic carbocycles. The number of thioether (sulfide) groups is 1. The van der Waals surface area contributed by atoms with E-state index in [1.54, 1.807) is 0 Å². The minimum Gasteiger partial charge on any atom is -0.324 e. The normalized spacial score (nSPS) is 17.9. The largest absolute Gasteiger partial charge is 0.324 e. The van der Waals surface area contributed by atoms with Crippen LogP contribution in [0.4, 0.5) is 10.5 Å². The minimum absolute atomic E-state index is 0.0575. The van der Waals surface area contributed by atoms with Gasteiger partial charge in [0.25, 0.3) is 5.91 Å². The van der Waals surface area contributed by atoms with Gasteiger partial charge < -0.3 is 15.1 Å². The average Bonchev–Trinajstić information content (AvgIpc) is 3.17. The SMILES string of the molecule is CCc1cccc(NC(=O)N2CCC3(CC2)SCCN3C(=O)c2ccccc2C)c1. The van der Waals surface area contributed by atoms with Crippen LogP contribution in [-0.4, -0.2) is 52.0 Å². The van der Waals surface area contributed by atoms with Gasteiger partial charge in [-0.1, -0.05) is 37.3 Å². The van der Waals surface area contributed by atoms with E-state index < -0.39 is 0 Å². The molecule has 30 heavy (non-hydrogen) atoms. The summed E-state index contributed by atoms with van der Waals surface area (Å²) in [6.07, 6.45) is 2.55. The average molecular weight is 424 g/mol. The van der Waals surface area contributed by atoms with Gasteiger partial charge in [-0.2, -0.15) is 0 Å². The lowest BCUT2D eigenvalue weighted by molar-refractivity contribution is 0.0585. The van der Waals surface area contributed by atoms with E-state index >= 15 is 0 Å². The fraction of sp³-hybridized carbons (Fsp3) is 0.417. The lowest BCUT2D eigenvalue weighted by Gasteiger charge is -2.44. The summed E-state index contributed by atoms with van der Waals surface area (Å²) >= 11 is 1.87. The number of carbonyl (C=O) groups excluding carboxylic acids is 2. The number of piperidine rings is 1. The first-order valence-electron chi connectivity index (χ1n) is 10.7. The first-order chi connectivity index (χ1) is 14.5. The molecule has 2 aromatic carbocycles. The molecule has 2 aliphatic rings. The van der Waals surface area contributed by atoms with Crippen LogP contribution < -0.4 is 5.32 Å². The van der Waals surface area contributed by atoms with Crippen LogP contribution in [0.3, 0.4) is 0 Å². The van der Waals surface area contributed by atoms with Crippen LogP contribution in [0, 0.1) is 6.92 Å². The summed E-state index contributed by atoms with van der Waals surface area (Å²) in [5.74, 6) is 1.07. The van der Waals surface area contributed by atoms with Crippen molar-refractivity contribution in [1.82, 2.24) is 9.80 Å². The standard InChI is InChI=1S/C24H29N3O2S/c1-3-19-8-6-9-20(17-19)25-23(29)26-13-11-24(12-14-26)27(15-16-30-24)22(28)21-10-5-4-7-18(21)2/h4-10,17H,3,11-16H2,1-2H3,(H,25,29). The van der Waals surface area contributed by atoms with E-state index in [1.807, 2.05) is 66.1 Å². The first-order valence-corrected chi connectivity index (χ1v) is 11.7. The molecule has 3 amide bonds. The molecule has 2 saturated heterocycles. The van der Waals surface area contributed by atoms with E-state index in [9.17, 15) is 9.59 Å². The monoisotopic (exact) mass is 423 g/mol. The molecule has 1 spiro atoms. The van der Waals surface area contributed by atoms with Gasteiger partial charge in [0.05, 0.1) is 4.87 Å². The third kappa shape index (κ3) is 4.06. The maximum absolute atomic E-state index is 13.3. The molecule has 2 aliphatic heterocycles. The maximum atomic E-state index is 13.3. The fourth-order valence-corrected chi connectivity index (χ4v) is 5.85. The molecule has 0 radical (unpaired) electrons. The number of benzene rings is 2. The van der Waals surface area contributed by atoms with Crippen molar-refractivity contribution in [2.75, 3.05) is 30.7 Å². The van der Waals surface area contributed by atoms with Crippen molar-refractivity contribution in [2.24, 2.45) is 0 Å². The van der Waals surface area contributed by atoms with Gasteiger partial charge in [-0.3, -0.25) is 4.79 Å². The van der Waals surface area contributed by atoms with Crippen LogP contribution in [0.5, 0.6) is 0 Å². The molecule has 0 saturated carbocycles. The number of carbonyl (C=O) groups is 2. The molecule has 0 unspecified atom stereocenters. The van der Waals surface area contributed by atoms with Crippen molar-refractivity contribution in [3.05, 3.63) is 65.2 Å². The highest BCUT2D eigenvalue weighted by Gasteiger charge is 2.47. The lowest BCUT2D eigenvalue weighted by Crippen LogP contribution is -2.54. The number of urea groups is 1. The Balaban J connectivity index is 1.41. The number of nitrogens with one attached hydrogen (secondary N) is 1. The zero-order chi connectivity index (χ0) is 21.1. The van der Waals surface area contributed by atoms with Gasteiger partial charge in [0.2, 0.25) is 0 Å². The number of rotatable bonds is 3. The van der Waals surface area contributed by atoms with Crippen LogP contribution >= 0.6 is 11.8 Å². The van der Waals surface area contributed by atoms with E-state index in [4.69, 9.17) is 0 Å². The Morgan fingerprint density at radius 3 is 2.57 bits per heavy atom. The number of amides is 3. The van der Waals surface area contributed by atoms with Gasteiger partial charge >= 0.3 is 6.03 Å². The van der Waals surface area contributed by atoms with Crippen molar-refractivity contribution in [2.45, 2.75) is 38.0 Å². The second kappa shape index (κ2) is 8.72. The first kappa shape index (κ1) is 20.8. The molecule has 5 nitrogen and oxygen atoms in total. The number of hydrogen-bond donors (Lipinski definition) is 1. The molecular formula is C24H29N3O2S. The smallest absolute Gasteiger partial charge is 0.321 e. The number of anilines is 1. The third-order valence-corrected chi connectivity index (χ3v) is 7.77. The summed E-state index contributed by atoms with van der Waals surface area (Å²) in [6, 6.07) is 15.7. The van der Waals surface area contributed by atoms with Gasteiger partial charge in [-0.15, -0.1) is 11.8 Å². The van der Waals surface area contributed by atoms with Crippen LogP contribution in [0.25, 0.3) is 0 Å². The van der Waals surface area contributed by atoms with Crippen LogP contribution in [0.2, 0.25) is 0 Å². The van der Waals surface area contributed by atoms with Gasteiger partial charge in [-0.05, 0) is 55.5 Å². The number of likely N-dealkylation sites (tertiary alicyclic amines) is 1. The molecule has 0 atom stereocenters. The topological polar surface area (TPSA) is 52.7 Å². The number of aryl methyl sites for hydroxylation is 2. The van der Waals surface area contributed by atoms with Gasteiger partial charge in [0.1, 0.15) is 0 Å². The van der Waals surface area contributed by atoms with E-state index in [0.29, 0.717) is 13.1 Å². The molecule has 2 aromatic rings. The second-order valence-corrected chi connectivity index (χ2v) is 9.49. The maximum Gasteiger partial charge on any atom is 0.321 e. The molecule has 2 fully saturated rings. The van der Waals surface area contributed by atoms with Crippen molar-refractivity contribution >= 4 is 29.4 Å². The van der Waals surface area contributed by atoms with Crippen LogP contribution in [0.1, 0.15) is 41.3 Å². The summed E-state index contributed by atoms with van der Waals surface area (Å²) in [7, 11) is 0. The zero-order valence-corrected chi connectivity index (χ0v) is 18.5. The molecule has 2 heterocycles. The molecule has 0 bridgehead atoms. The van der Waals surface area contributed by atoms with Crippen molar-refractivity contribution in [3.8, 4) is 0 Å². The van der Waals surface area contributed by atoms with Crippen molar-refractivity contribution in [1.29, 1.82) is 0 Å². The van der Waals surface area contributed by atoms with E-state index in [2.05, 4.69) is 23.2 Å². The summed E-state index contributed by atoms with van der Waals surface area (Å²) in [5.41, 5.74) is 3.85. The number of nitrogens with zero attached hydrogens (tertiary/aromatic N) is 2. The minimum atomic E-state index is -0.196. The zero-order valence-electron chi connectivity index (χ0n) is 17.7. The molecule has 0 aromatic heterocycles. The van der Waals surface area contributed by atoms with Gasteiger partial charge in [0.15, 0.2) is 0 Å². The van der Waals surface area contributed by atoms with Crippen LogP contribution in [-0.2, 0) is 6.42 Å². The third-order valence-electron chi connectivity index (χ3n) is 6.22. The number of hydrogen-bond acceptors (Lipinski definition) is 3. The Bertz CT molecular complexity index is 938. The molecule has 1 N–H and O–H groups in total. The van der Waals surface area contributed by atoms with E-state index in [0.717, 1.165) is 48.4 Å². The van der Waals surface area contributed by atoms with E-state index in [-0.39, 0.29) is 16.8 Å². The lowest BCUT2D eigenvalue weighted by atomic mass is 10.00. The van der Waals surface area contributed by atoms with Gasteiger partial charge in [0, 0.05) is 36.6 Å². The summed E-state index contributed by atoms with van der Waals surface area (Å²) in [5, 5.41) is 3.03. The molecular weight excluding hydrogens is 394 g/mol. The molecule has 6 heteroatoms. The molecule has 158 valence electrons. The Kier molecular flexibility index (Phi) is 6.04. The van der Waals surface area contributed by atoms with E-state index in [1.165, 1.54) is 5.56 Å². The Labute approximate surface area is 182 Å². The second-order valence-electron chi connectivity index (χ2n) is 8.04. The van der Waals surface area contributed by atoms with Gasteiger partial charge in [-0.25, -0.2) is 4.79 Å². The molecule has 4 rings (SSSR count). The summed E-state index contributed by atoms with van der Waals surface area (Å²) in [6.45, 7) is 6.18. The predicted molar refractivity (Wildman–Crippen MR) is 123 cm³/mol. The Morgan fingerprint density at radius 1 is 1.07 bits per heavy atom. The Hall–Kier alpha value is -2.47. The van der Waals surface area contributed by atoms with Crippen molar-refractivity contribution in [3.63, 3.8) is 0 Å². The fourth-order valence-electron chi connectivity index (χ4n) is 4.40.